The van der Waals surface area contributed by atoms with Gasteiger partial charge in [-0.2, -0.15) is 11.8 Å². The van der Waals surface area contributed by atoms with Gasteiger partial charge in [0.05, 0.1) is 11.8 Å². The highest BCUT2D eigenvalue weighted by Gasteiger charge is 2.40. The van der Waals surface area contributed by atoms with Gasteiger partial charge in [-0.05, 0) is 43.6 Å². The van der Waals surface area contributed by atoms with E-state index in [0.29, 0.717) is 25.3 Å². The first-order chi connectivity index (χ1) is 8.56. The minimum Gasteiger partial charge on any atom is -0.481 e. The Morgan fingerprint density at radius 3 is 2.56 bits per heavy atom. The summed E-state index contributed by atoms with van der Waals surface area (Å²) in [7, 11) is 0. The largest absolute Gasteiger partial charge is 0.481 e. The highest BCUT2D eigenvalue weighted by Crippen LogP contribution is 2.36. The number of unbranched alkanes of at least 4 members (excludes halogenated alkanes) is 1. The Morgan fingerprint density at radius 1 is 1.28 bits per heavy atom. The van der Waals surface area contributed by atoms with E-state index in [2.05, 4.69) is 11.6 Å². The van der Waals surface area contributed by atoms with Crippen molar-refractivity contribution in [1.82, 2.24) is 5.32 Å². The van der Waals surface area contributed by atoms with Gasteiger partial charge in [0.25, 0.3) is 0 Å². The van der Waals surface area contributed by atoms with E-state index in [1.807, 2.05) is 6.92 Å². The Bertz CT molecular complexity index is 296. The molecule has 0 aromatic heterocycles. The van der Waals surface area contributed by atoms with Crippen molar-refractivity contribution >= 4 is 23.6 Å². The number of amides is 1. The Labute approximate surface area is 113 Å². The molecule has 2 N–H and O–H groups in total. The molecule has 4 nitrogen and oxygen atoms in total. The van der Waals surface area contributed by atoms with Crippen molar-refractivity contribution < 1.29 is 14.7 Å². The van der Waals surface area contributed by atoms with Crippen LogP contribution >= 0.6 is 11.8 Å². The number of hydrogen-bond donors (Lipinski definition) is 2. The highest BCUT2D eigenvalue weighted by molar-refractivity contribution is 7.98. The third-order valence-corrected chi connectivity index (χ3v) is 4.22. The molecule has 1 aliphatic rings. The van der Waals surface area contributed by atoms with Crippen molar-refractivity contribution in [3.05, 3.63) is 0 Å². The molecule has 0 aromatic rings. The highest BCUT2D eigenvalue weighted by atomic mass is 32.2. The molecule has 1 saturated carbocycles. The summed E-state index contributed by atoms with van der Waals surface area (Å²) in [4.78, 5) is 23.1. The van der Waals surface area contributed by atoms with Gasteiger partial charge in [0, 0.05) is 6.54 Å². The molecule has 3 atom stereocenters. The monoisotopic (exact) mass is 273 g/mol. The van der Waals surface area contributed by atoms with Gasteiger partial charge in [0.1, 0.15) is 0 Å². The fourth-order valence-electron chi connectivity index (χ4n) is 2.57. The van der Waals surface area contributed by atoms with Crippen LogP contribution in [0.1, 0.15) is 32.6 Å². The van der Waals surface area contributed by atoms with Crippen LogP contribution in [0, 0.1) is 17.8 Å². The van der Waals surface area contributed by atoms with Crippen molar-refractivity contribution in [2.24, 2.45) is 17.8 Å². The van der Waals surface area contributed by atoms with Gasteiger partial charge >= 0.3 is 5.97 Å². The van der Waals surface area contributed by atoms with Crippen LogP contribution in [0.25, 0.3) is 0 Å². The molecule has 0 saturated heterocycles. The summed E-state index contributed by atoms with van der Waals surface area (Å²) in [6, 6.07) is 0. The summed E-state index contributed by atoms with van der Waals surface area (Å²) >= 11 is 1.80. The Hall–Kier alpha value is -0.710. The van der Waals surface area contributed by atoms with Crippen molar-refractivity contribution in [2.75, 3.05) is 18.6 Å². The van der Waals surface area contributed by atoms with Crippen LogP contribution in [0.5, 0.6) is 0 Å². The van der Waals surface area contributed by atoms with E-state index < -0.39 is 11.9 Å². The second-order valence-corrected chi connectivity index (χ2v) is 6.10. The molecule has 1 fully saturated rings. The molecular weight excluding hydrogens is 250 g/mol. The van der Waals surface area contributed by atoms with E-state index in [9.17, 15) is 9.59 Å². The molecule has 5 heteroatoms. The normalized spacial score (nSPS) is 27.1. The van der Waals surface area contributed by atoms with E-state index >= 15 is 0 Å². The average Bonchev–Trinajstić information content (AvgIpc) is 2.71. The third-order valence-electron chi connectivity index (χ3n) is 3.53. The van der Waals surface area contributed by atoms with Crippen LogP contribution in [0.2, 0.25) is 0 Å². The molecule has 3 unspecified atom stereocenters. The van der Waals surface area contributed by atoms with E-state index in [-0.39, 0.29) is 11.8 Å². The molecule has 18 heavy (non-hydrogen) atoms. The number of carbonyl (C=O) groups is 2. The molecule has 0 aromatic carbocycles. The van der Waals surface area contributed by atoms with Crippen LogP contribution in [-0.2, 0) is 9.59 Å². The minimum atomic E-state index is -0.832. The predicted octanol–water partition coefficient (Wildman–Crippen LogP) is 1.99. The van der Waals surface area contributed by atoms with Crippen LogP contribution in [0.4, 0.5) is 0 Å². The molecule has 104 valence electrons. The average molecular weight is 273 g/mol. The molecule has 1 rings (SSSR count). The number of thioether (sulfide) groups is 1. The van der Waals surface area contributed by atoms with Gasteiger partial charge in [0.2, 0.25) is 5.91 Å². The number of carboxylic acid groups (broad SMARTS) is 1. The van der Waals surface area contributed by atoms with E-state index in [1.54, 1.807) is 11.8 Å². The molecule has 0 bridgehead atoms. The van der Waals surface area contributed by atoms with Crippen molar-refractivity contribution in [2.45, 2.75) is 32.6 Å². The van der Waals surface area contributed by atoms with Gasteiger partial charge in [0.15, 0.2) is 0 Å². The zero-order valence-electron chi connectivity index (χ0n) is 11.1. The first-order valence-electron chi connectivity index (χ1n) is 6.55. The lowest BCUT2D eigenvalue weighted by Crippen LogP contribution is -2.35. The Balaban J connectivity index is 2.33. The minimum absolute atomic E-state index is 0.0732. The van der Waals surface area contributed by atoms with Gasteiger partial charge in [-0.25, -0.2) is 0 Å². The summed E-state index contributed by atoms with van der Waals surface area (Å²) < 4.78 is 0. The second-order valence-electron chi connectivity index (χ2n) is 5.12. The van der Waals surface area contributed by atoms with Crippen LogP contribution < -0.4 is 5.32 Å². The lowest BCUT2D eigenvalue weighted by molar-refractivity contribution is -0.146. The molecule has 0 heterocycles. The van der Waals surface area contributed by atoms with E-state index in [4.69, 9.17) is 5.11 Å². The maximum Gasteiger partial charge on any atom is 0.307 e. The van der Waals surface area contributed by atoms with Crippen LogP contribution in [-0.4, -0.2) is 35.5 Å². The SMILES string of the molecule is CSCCCCNC(=O)C1CC(C)CC1C(=O)O. The topological polar surface area (TPSA) is 66.4 Å². The Morgan fingerprint density at radius 2 is 1.94 bits per heavy atom. The van der Waals surface area contributed by atoms with Gasteiger partial charge in [-0.3, -0.25) is 9.59 Å². The summed E-state index contributed by atoms with van der Waals surface area (Å²) in [5, 5.41) is 12.0. The van der Waals surface area contributed by atoms with Gasteiger partial charge in [-0.1, -0.05) is 6.92 Å². The van der Waals surface area contributed by atoms with Crippen LogP contribution in [0.3, 0.4) is 0 Å². The van der Waals surface area contributed by atoms with Gasteiger partial charge in [-0.15, -0.1) is 0 Å². The summed E-state index contributed by atoms with van der Waals surface area (Å²) in [6.45, 7) is 2.68. The fraction of sp³-hybridized carbons (Fsp3) is 0.846. The smallest absolute Gasteiger partial charge is 0.307 e. The van der Waals surface area contributed by atoms with E-state index in [1.165, 1.54) is 0 Å². The van der Waals surface area contributed by atoms with Crippen molar-refractivity contribution in [3.63, 3.8) is 0 Å². The first kappa shape index (κ1) is 15.3. The first-order valence-corrected chi connectivity index (χ1v) is 7.95. The lowest BCUT2D eigenvalue weighted by atomic mass is 9.95. The summed E-state index contributed by atoms with van der Waals surface area (Å²) in [6.07, 6.45) is 5.45. The number of carboxylic acids is 1. The quantitative estimate of drug-likeness (QED) is 0.696. The maximum atomic E-state index is 12.0. The standard InChI is InChI=1S/C13H23NO3S/c1-9-7-10(11(8-9)13(16)17)12(15)14-5-3-4-6-18-2/h9-11H,3-8H2,1-2H3,(H,14,15)(H,16,17). The second kappa shape index (κ2) is 7.67. The number of hydrogen-bond acceptors (Lipinski definition) is 3. The lowest BCUT2D eigenvalue weighted by Gasteiger charge is -2.15. The zero-order valence-corrected chi connectivity index (χ0v) is 12.0. The predicted molar refractivity (Wildman–Crippen MR) is 73.6 cm³/mol. The molecule has 1 aliphatic carbocycles. The maximum absolute atomic E-state index is 12.0. The summed E-state index contributed by atoms with van der Waals surface area (Å²) in [5.41, 5.74) is 0. The number of rotatable bonds is 7. The van der Waals surface area contributed by atoms with E-state index in [0.717, 1.165) is 18.6 Å². The Kier molecular flexibility index (Phi) is 6.54. The molecule has 0 spiro atoms. The molecule has 0 aliphatic heterocycles. The zero-order chi connectivity index (χ0) is 13.5. The van der Waals surface area contributed by atoms with Crippen molar-refractivity contribution in [3.8, 4) is 0 Å². The number of aliphatic carboxylic acids is 1. The summed E-state index contributed by atoms with van der Waals surface area (Å²) in [5.74, 6) is -0.297. The van der Waals surface area contributed by atoms with Crippen molar-refractivity contribution in [1.29, 1.82) is 0 Å². The van der Waals surface area contributed by atoms with Crippen LogP contribution in [0.15, 0.2) is 0 Å². The molecular formula is C13H23NO3S. The fourth-order valence-corrected chi connectivity index (χ4v) is 3.06. The van der Waals surface area contributed by atoms with Gasteiger partial charge < -0.3 is 10.4 Å². The third kappa shape index (κ3) is 4.52. The molecule has 1 amide bonds. The number of nitrogens with one attached hydrogen (secondary N) is 1. The number of carbonyl (C=O) groups excluding carboxylic acids is 1. The molecule has 0 radical (unpaired) electrons.